The van der Waals surface area contributed by atoms with Crippen LogP contribution in [0.2, 0.25) is 0 Å². The molecular formula is C13H19ClO. The molecular weight excluding hydrogens is 208 g/mol. The van der Waals surface area contributed by atoms with Crippen molar-refractivity contribution in [2.75, 3.05) is 7.11 Å². The molecule has 0 aliphatic heterocycles. The Balaban J connectivity index is 2.76. The van der Waals surface area contributed by atoms with Gasteiger partial charge in [0.1, 0.15) is 5.75 Å². The molecule has 0 aliphatic carbocycles. The standard InChI is InChI=1S/C13H19ClO/c1-4-6-13(14)10(2)11-7-5-8-12(9-11)15-3/h5,7-10,13H,4,6H2,1-3H3. The molecule has 0 radical (unpaired) electrons. The lowest BCUT2D eigenvalue weighted by atomic mass is 9.95. The zero-order chi connectivity index (χ0) is 11.3. The van der Waals surface area contributed by atoms with Gasteiger partial charge in [-0.1, -0.05) is 32.4 Å². The van der Waals surface area contributed by atoms with Crippen molar-refractivity contribution >= 4 is 11.6 Å². The van der Waals surface area contributed by atoms with Gasteiger partial charge in [0, 0.05) is 5.38 Å². The molecule has 0 bridgehead atoms. The summed E-state index contributed by atoms with van der Waals surface area (Å²) in [6.07, 6.45) is 2.18. The summed E-state index contributed by atoms with van der Waals surface area (Å²) in [6, 6.07) is 8.15. The molecule has 0 N–H and O–H groups in total. The lowest BCUT2D eigenvalue weighted by Crippen LogP contribution is -2.09. The normalized spacial score (nSPS) is 14.7. The summed E-state index contributed by atoms with van der Waals surface area (Å²) in [6.45, 7) is 4.33. The maximum atomic E-state index is 6.32. The van der Waals surface area contributed by atoms with Crippen molar-refractivity contribution in [3.63, 3.8) is 0 Å². The van der Waals surface area contributed by atoms with E-state index in [2.05, 4.69) is 26.0 Å². The lowest BCUT2D eigenvalue weighted by Gasteiger charge is -2.18. The van der Waals surface area contributed by atoms with E-state index in [-0.39, 0.29) is 5.38 Å². The topological polar surface area (TPSA) is 9.23 Å². The highest BCUT2D eigenvalue weighted by atomic mass is 35.5. The Hall–Kier alpha value is -0.690. The maximum absolute atomic E-state index is 6.32. The van der Waals surface area contributed by atoms with Gasteiger partial charge in [-0.2, -0.15) is 0 Å². The summed E-state index contributed by atoms with van der Waals surface area (Å²) in [5.41, 5.74) is 1.25. The highest BCUT2D eigenvalue weighted by Gasteiger charge is 2.15. The van der Waals surface area contributed by atoms with E-state index in [1.54, 1.807) is 7.11 Å². The first-order valence-electron chi connectivity index (χ1n) is 5.47. The minimum Gasteiger partial charge on any atom is -0.497 e. The summed E-state index contributed by atoms with van der Waals surface area (Å²) in [4.78, 5) is 0. The summed E-state index contributed by atoms with van der Waals surface area (Å²) < 4.78 is 5.20. The largest absolute Gasteiger partial charge is 0.497 e. The molecule has 84 valence electrons. The van der Waals surface area contributed by atoms with Gasteiger partial charge in [0.25, 0.3) is 0 Å². The molecule has 0 heterocycles. The Morgan fingerprint density at radius 3 is 2.73 bits per heavy atom. The van der Waals surface area contributed by atoms with Crippen LogP contribution in [0.15, 0.2) is 24.3 Å². The number of methoxy groups -OCH3 is 1. The Bertz CT molecular complexity index is 298. The SMILES string of the molecule is CCCC(Cl)C(C)c1cccc(OC)c1. The van der Waals surface area contributed by atoms with Crippen LogP contribution >= 0.6 is 11.6 Å². The van der Waals surface area contributed by atoms with Crippen molar-refractivity contribution in [2.45, 2.75) is 38.0 Å². The van der Waals surface area contributed by atoms with E-state index in [4.69, 9.17) is 16.3 Å². The molecule has 0 fully saturated rings. The van der Waals surface area contributed by atoms with Crippen LogP contribution in [0, 0.1) is 0 Å². The molecule has 0 saturated carbocycles. The van der Waals surface area contributed by atoms with Crippen LogP contribution in [0.4, 0.5) is 0 Å². The average Bonchev–Trinajstić information content (AvgIpc) is 2.28. The number of ether oxygens (including phenoxy) is 1. The first kappa shape index (κ1) is 12.4. The molecule has 2 atom stereocenters. The Morgan fingerprint density at radius 1 is 1.40 bits per heavy atom. The molecule has 1 nitrogen and oxygen atoms in total. The molecule has 0 aliphatic rings. The first-order chi connectivity index (χ1) is 7.19. The van der Waals surface area contributed by atoms with Gasteiger partial charge in [0.2, 0.25) is 0 Å². The third kappa shape index (κ3) is 3.42. The Morgan fingerprint density at radius 2 is 2.13 bits per heavy atom. The molecule has 0 saturated heterocycles. The molecule has 1 aromatic carbocycles. The van der Waals surface area contributed by atoms with Crippen molar-refractivity contribution in [1.29, 1.82) is 0 Å². The van der Waals surface area contributed by atoms with Crippen LogP contribution in [0.1, 0.15) is 38.2 Å². The smallest absolute Gasteiger partial charge is 0.119 e. The van der Waals surface area contributed by atoms with Gasteiger partial charge in [-0.05, 0) is 30.0 Å². The lowest BCUT2D eigenvalue weighted by molar-refractivity contribution is 0.413. The van der Waals surface area contributed by atoms with Crippen LogP contribution < -0.4 is 4.74 Å². The molecule has 15 heavy (non-hydrogen) atoms. The van der Waals surface area contributed by atoms with Gasteiger partial charge in [-0.3, -0.25) is 0 Å². The molecule has 1 aromatic rings. The van der Waals surface area contributed by atoms with E-state index < -0.39 is 0 Å². The number of benzene rings is 1. The molecule has 2 heteroatoms. The number of hydrogen-bond donors (Lipinski definition) is 0. The third-order valence-electron chi connectivity index (χ3n) is 2.73. The minimum atomic E-state index is 0.210. The minimum absolute atomic E-state index is 0.210. The van der Waals surface area contributed by atoms with Gasteiger partial charge in [-0.15, -0.1) is 11.6 Å². The van der Waals surface area contributed by atoms with Gasteiger partial charge in [0.05, 0.1) is 7.11 Å². The van der Waals surface area contributed by atoms with Crippen LogP contribution in [0.5, 0.6) is 5.75 Å². The second kappa shape index (κ2) is 6.02. The zero-order valence-electron chi connectivity index (χ0n) is 9.66. The summed E-state index contributed by atoms with van der Waals surface area (Å²) in [5, 5.41) is 0.210. The first-order valence-corrected chi connectivity index (χ1v) is 5.90. The second-order valence-corrected chi connectivity index (χ2v) is 4.43. The van der Waals surface area contributed by atoms with Crippen LogP contribution in [0.3, 0.4) is 0 Å². The van der Waals surface area contributed by atoms with Gasteiger partial charge in [0.15, 0.2) is 0 Å². The third-order valence-corrected chi connectivity index (χ3v) is 3.32. The van der Waals surface area contributed by atoms with E-state index in [0.29, 0.717) is 5.92 Å². The van der Waals surface area contributed by atoms with Crippen molar-refractivity contribution in [3.8, 4) is 5.75 Å². The number of rotatable bonds is 5. The Kier molecular flexibility index (Phi) is 4.97. The monoisotopic (exact) mass is 226 g/mol. The van der Waals surface area contributed by atoms with Gasteiger partial charge in [-0.25, -0.2) is 0 Å². The second-order valence-electron chi connectivity index (χ2n) is 3.87. The van der Waals surface area contributed by atoms with E-state index in [9.17, 15) is 0 Å². The van der Waals surface area contributed by atoms with Gasteiger partial charge >= 0.3 is 0 Å². The summed E-state index contributed by atoms with van der Waals surface area (Å²) in [7, 11) is 1.69. The maximum Gasteiger partial charge on any atom is 0.119 e. The number of halogens is 1. The highest BCUT2D eigenvalue weighted by molar-refractivity contribution is 6.21. The van der Waals surface area contributed by atoms with Crippen LogP contribution in [0.25, 0.3) is 0 Å². The van der Waals surface area contributed by atoms with Crippen LogP contribution in [-0.4, -0.2) is 12.5 Å². The molecule has 0 spiro atoms. The predicted octanol–water partition coefficient (Wildman–Crippen LogP) is 4.21. The zero-order valence-corrected chi connectivity index (χ0v) is 10.4. The van der Waals surface area contributed by atoms with Crippen LogP contribution in [-0.2, 0) is 0 Å². The molecule has 1 rings (SSSR count). The fraction of sp³-hybridized carbons (Fsp3) is 0.538. The van der Waals surface area contributed by atoms with Crippen molar-refractivity contribution in [1.82, 2.24) is 0 Å². The highest BCUT2D eigenvalue weighted by Crippen LogP contribution is 2.28. The molecule has 0 aromatic heterocycles. The molecule has 0 amide bonds. The van der Waals surface area contributed by atoms with E-state index >= 15 is 0 Å². The summed E-state index contributed by atoms with van der Waals surface area (Å²) in [5.74, 6) is 1.28. The summed E-state index contributed by atoms with van der Waals surface area (Å²) >= 11 is 6.32. The Labute approximate surface area is 97.4 Å². The van der Waals surface area contributed by atoms with E-state index in [0.717, 1.165) is 18.6 Å². The van der Waals surface area contributed by atoms with Crippen molar-refractivity contribution in [2.24, 2.45) is 0 Å². The fourth-order valence-electron chi connectivity index (χ4n) is 1.66. The fourth-order valence-corrected chi connectivity index (χ4v) is 2.02. The van der Waals surface area contributed by atoms with E-state index in [1.165, 1.54) is 5.56 Å². The van der Waals surface area contributed by atoms with E-state index in [1.807, 2.05) is 12.1 Å². The van der Waals surface area contributed by atoms with Crippen molar-refractivity contribution in [3.05, 3.63) is 29.8 Å². The number of hydrogen-bond acceptors (Lipinski definition) is 1. The van der Waals surface area contributed by atoms with Crippen molar-refractivity contribution < 1.29 is 4.74 Å². The predicted molar refractivity (Wildman–Crippen MR) is 66.0 cm³/mol. The quantitative estimate of drug-likeness (QED) is 0.684. The molecule has 2 unspecified atom stereocenters. The van der Waals surface area contributed by atoms with Gasteiger partial charge < -0.3 is 4.74 Å². The number of alkyl halides is 1. The average molecular weight is 227 g/mol.